The SMILES string of the molecule is CCO[SiH](C)OC(C)=CC1CCC1. The molecule has 0 heterocycles. The third kappa shape index (κ3) is 3.96. The van der Waals surface area contributed by atoms with Gasteiger partial charge in [-0.05, 0) is 45.2 Å². The van der Waals surface area contributed by atoms with E-state index in [-0.39, 0.29) is 0 Å². The predicted molar refractivity (Wildman–Crippen MR) is 56.8 cm³/mol. The third-order valence-corrected chi connectivity index (χ3v) is 3.88. The Labute approximate surface area is 82.8 Å². The smallest absolute Gasteiger partial charge is 0.378 e. The Bertz CT molecular complexity index is 176. The van der Waals surface area contributed by atoms with Crippen molar-refractivity contribution in [3.8, 4) is 0 Å². The zero-order chi connectivity index (χ0) is 9.68. The standard InChI is InChI=1S/C10H20O2Si/c1-4-11-13(3)12-9(2)8-10-6-5-7-10/h8,10,13H,4-7H2,1-3H3. The van der Waals surface area contributed by atoms with Crippen LogP contribution in [0.1, 0.15) is 33.1 Å². The molecule has 0 aromatic heterocycles. The average molecular weight is 200 g/mol. The van der Waals surface area contributed by atoms with E-state index in [1.54, 1.807) is 0 Å². The molecule has 1 unspecified atom stereocenters. The molecule has 1 saturated carbocycles. The Balaban J connectivity index is 2.21. The molecular formula is C10H20O2Si. The summed E-state index contributed by atoms with van der Waals surface area (Å²) >= 11 is 0. The quantitative estimate of drug-likeness (QED) is 0.501. The van der Waals surface area contributed by atoms with E-state index in [9.17, 15) is 0 Å². The number of hydrogen-bond acceptors (Lipinski definition) is 2. The van der Waals surface area contributed by atoms with Crippen molar-refractivity contribution >= 4 is 9.28 Å². The molecule has 0 bridgehead atoms. The fourth-order valence-corrected chi connectivity index (χ4v) is 2.65. The van der Waals surface area contributed by atoms with Crippen LogP contribution in [-0.4, -0.2) is 15.9 Å². The summed E-state index contributed by atoms with van der Waals surface area (Å²) in [4.78, 5) is 0. The maximum absolute atomic E-state index is 5.67. The predicted octanol–water partition coefficient (Wildman–Crippen LogP) is 2.59. The second kappa shape index (κ2) is 5.45. The van der Waals surface area contributed by atoms with Crippen molar-refractivity contribution in [3.05, 3.63) is 11.8 Å². The lowest BCUT2D eigenvalue weighted by atomic mass is 9.85. The van der Waals surface area contributed by atoms with E-state index >= 15 is 0 Å². The molecule has 3 heteroatoms. The van der Waals surface area contributed by atoms with Crippen molar-refractivity contribution in [2.75, 3.05) is 6.61 Å². The summed E-state index contributed by atoms with van der Waals surface area (Å²) < 4.78 is 11.1. The van der Waals surface area contributed by atoms with Gasteiger partial charge in [-0.2, -0.15) is 0 Å². The van der Waals surface area contributed by atoms with Crippen LogP contribution in [0.15, 0.2) is 11.8 Å². The Morgan fingerprint density at radius 1 is 1.54 bits per heavy atom. The molecule has 0 saturated heterocycles. The normalized spacial score (nSPS) is 21.0. The maximum atomic E-state index is 5.67. The fraction of sp³-hybridized carbons (Fsp3) is 0.800. The van der Waals surface area contributed by atoms with Crippen LogP contribution in [0.2, 0.25) is 6.55 Å². The van der Waals surface area contributed by atoms with Crippen molar-refractivity contribution in [1.82, 2.24) is 0 Å². The number of hydrogen-bond donors (Lipinski definition) is 0. The van der Waals surface area contributed by atoms with E-state index in [4.69, 9.17) is 8.85 Å². The Hall–Kier alpha value is -0.283. The summed E-state index contributed by atoms with van der Waals surface area (Å²) in [6, 6.07) is 0. The highest BCUT2D eigenvalue weighted by atomic mass is 28.3. The van der Waals surface area contributed by atoms with Gasteiger partial charge in [-0.3, -0.25) is 0 Å². The van der Waals surface area contributed by atoms with Crippen molar-refractivity contribution in [3.63, 3.8) is 0 Å². The first-order chi connectivity index (χ1) is 6.22. The molecule has 1 aliphatic rings. The molecule has 1 atom stereocenters. The van der Waals surface area contributed by atoms with Crippen molar-refractivity contribution in [2.45, 2.75) is 39.7 Å². The van der Waals surface area contributed by atoms with Gasteiger partial charge in [-0.1, -0.05) is 6.42 Å². The third-order valence-electron chi connectivity index (χ3n) is 2.37. The molecule has 0 aromatic carbocycles. The minimum absolute atomic E-state index is 0.768. The zero-order valence-electron chi connectivity index (χ0n) is 8.88. The fourth-order valence-electron chi connectivity index (χ4n) is 1.51. The molecular weight excluding hydrogens is 180 g/mol. The van der Waals surface area contributed by atoms with Crippen LogP contribution in [0.5, 0.6) is 0 Å². The number of rotatable bonds is 5. The van der Waals surface area contributed by atoms with Gasteiger partial charge in [0.05, 0.1) is 5.76 Å². The van der Waals surface area contributed by atoms with Gasteiger partial charge in [0.25, 0.3) is 0 Å². The molecule has 1 aliphatic carbocycles. The minimum atomic E-state index is -1.37. The lowest BCUT2D eigenvalue weighted by molar-refractivity contribution is 0.250. The Kier molecular flexibility index (Phi) is 4.52. The average Bonchev–Trinajstić information content (AvgIpc) is 1.97. The molecule has 0 N–H and O–H groups in total. The molecule has 0 radical (unpaired) electrons. The van der Waals surface area contributed by atoms with Gasteiger partial charge < -0.3 is 8.85 Å². The first-order valence-corrected chi connectivity index (χ1v) is 7.28. The highest BCUT2D eigenvalue weighted by molar-refractivity contribution is 6.42. The number of allylic oxidation sites excluding steroid dienone is 2. The second-order valence-corrected chi connectivity index (χ2v) is 5.31. The van der Waals surface area contributed by atoms with Crippen molar-refractivity contribution < 1.29 is 8.85 Å². The topological polar surface area (TPSA) is 18.5 Å². The van der Waals surface area contributed by atoms with Gasteiger partial charge in [0, 0.05) is 6.61 Å². The van der Waals surface area contributed by atoms with E-state index < -0.39 is 9.28 Å². The van der Waals surface area contributed by atoms with Gasteiger partial charge in [0.2, 0.25) is 0 Å². The van der Waals surface area contributed by atoms with Crippen LogP contribution in [0.3, 0.4) is 0 Å². The summed E-state index contributed by atoms with van der Waals surface area (Å²) in [5, 5.41) is 0. The van der Waals surface area contributed by atoms with Crippen LogP contribution < -0.4 is 0 Å². The lowest BCUT2D eigenvalue weighted by Crippen LogP contribution is -2.18. The molecule has 0 aromatic rings. The van der Waals surface area contributed by atoms with Crippen LogP contribution in [0.25, 0.3) is 0 Å². The van der Waals surface area contributed by atoms with Crippen molar-refractivity contribution in [1.29, 1.82) is 0 Å². The summed E-state index contributed by atoms with van der Waals surface area (Å²) in [6.07, 6.45) is 6.31. The van der Waals surface area contributed by atoms with Gasteiger partial charge in [-0.25, -0.2) is 0 Å². The molecule has 0 aliphatic heterocycles. The van der Waals surface area contributed by atoms with Crippen LogP contribution in [-0.2, 0) is 8.85 Å². The molecule has 1 rings (SSSR count). The molecule has 13 heavy (non-hydrogen) atoms. The molecule has 2 nitrogen and oxygen atoms in total. The van der Waals surface area contributed by atoms with Crippen molar-refractivity contribution in [2.24, 2.45) is 5.92 Å². The highest BCUT2D eigenvalue weighted by Crippen LogP contribution is 2.28. The zero-order valence-corrected chi connectivity index (χ0v) is 10.0. The molecule has 0 spiro atoms. The molecule has 76 valence electrons. The summed E-state index contributed by atoms with van der Waals surface area (Å²) in [6.45, 7) is 6.89. The Morgan fingerprint density at radius 2 is 2.23 bits per heavy atom. The molecule has 1 fully saturated rings. The van der Waals surface area contributed by atoms with E-state index in [1.807, 2.05) is 13.8 Å². The maximum Gasteiger partial charge on any atom is 0.378 e. The minimum Gasteiger partial charge on any atom is -0.527 e. The largest absolute Gasteiger partial charge is 0.527 e. The van der Waals surface area contributed by atoms with Crippen LogP contribution >= 0.6 is 0 Å². The summed E-state index contributed by atoms with van der Waals surface area (Å²) in [5.74, 6) is 1.85. The summed E-state index contributed by atoms with van der Waals surface area (Å²) in [5.41, 5.74) is 0. The van der Waals surface area contributed by atoms with E-state index in [0.29, 0.717) is 0 Å². The van der Waals surface area contributed by atoms with Gasteiger partial charge >= 0.3 is 9.28 Å². The first kappa shape index (κ1) is 10.8. The van der Waals surface area contributed by atoms with Gasteiger partial charge in [0.1, 0.15) is 0 Å². The van der Waals surface area contributed by atoms with E-state index in [1.165, 1.54) is 19.3 Å². The highest BCUT2D eigenvalue weighted by Gasteiger charge is 2.15. The first-order valence-electron chi connectivity index (χ1n) is 5.19. The van der Waals surface area contributed by atoms with Gasteiger partial charge in [0.15, 0.2) is 0 Å². The molecule has 0 amide bonds. The Morgan fingerprint density at radius 3 is 2.69 bits per heavy atom. The van der Waals surface area contributed by atoms with E-state index in [2.05, 4.69) is 12.6 Å². The van der Waals surface area contributed by atoms with Gasteiger partial charge in [-0.15, -0.1) is 0 Å². The lowest BCUT2D eigenvalue weighted by Gasteiger charge is -2.23. The summed E-state index contributed by atoms with van der Waals surface area (Å²) in [7, 11) is -1.37. The van der Waals surface area contributed by atoms with Crippen LogP contribution in [0.4, 0.5) is 0 Å². The monoisotopic (exact) mass is 200 g/mol. The van der Waals surface area contributed by atoms with E-state index in [0.717, 1.165) is 18.3 Å². The van der Waals surface area contributed by atoms with Crippen LogP contribution in [0, 0.1) is 5.92 Å². The second-order valence-electron chi connectivity index (χ2n) is 3.61.